The smallest absolute Gasteiger partial charge is 0.306 e. The number of allylic oxidation sites excluding steroid dienone is 10. The van der Waals surface area contributed by atoms with Gasteiger partial charge in [0.15, 0.2) is 6.10 Å². The first kappa shape index (κ1) is 50.0. The van der Waals surface area contributed by atoms with Gasteiger partial charge in [-0.2, -0.15) is 0 Å². The Hall–Kier alpha value is -2.97. The maximum atomic E-state index is 12.6. The average Bonchev–Trinajstić information content (AvgIpc) is 3.11. The van der Waals surface area contributed by atoms with Gasteiger partial charge in [0.2, 0.25) is 0 Å². The molecule has 2 unspecified atom stereocenters. The summed E-state index contributed by atoms with van der Waals surface area (Å²) in [6, 6.07) is -0.738. The van der Waals surface area contributed by atoms with Gasteiger partial charge in [-0.05, 0) is 64.2 Å². The van der Waals surface area contributed by atoms with Gasteiger partial charge < -0.3 is 28.6 Å². The number of carbonyl (C=O) groups is 3. The predicted molar refractivity (Wildman–Crippen MR) is 217 cm³/mol. The Bertz CT molecular complexity index is 1050. The highest BCUT2D eigenvalue weighted by Gasteiger charge is 2.25. The third-order valence-corrected chi connectivity index (χ3v) is 8.90. The highest BCUT2D eigenvalue weighted by atomic mass is 16.6. The molecule has 0 aromatic heterocycles. The first-order valence-corrected chi connectivity index (χ1v) is 20.8. The number of esters is 2. The van der Waals surface area contributed by atoms with E-state index in [1.165, 1.54) is 51.4 Å². The molecule has 8 nitrogen and oxygen atoms in total. The van der Waals surface area contributed by atoms with Crippen LogP contribution < -0.4 is 5.11 Å². The van der Waals surface area contributed by atoms with Crippen LogP contribution >= 0.6 is 0 Å². The summed E-state index contributed by atoms with van der Waals surface area (Å²) in [5.74, 6) is -1.84. The summed E-state index contributed by atoms with van der Waals surface area (Å²) in [5.41, 5.74) is 0. The van der Waals surface area contributed by atoms with E-state index in [4.69, 9.17) is 14.2 Å². The van der Waals surface area contributed by atoms with Crippen molar-refractivity contribution in [3.63, 3.8) is 0 Å². The molecule has 0 saturated carbocycles. The Labute approximate surface area is 324 Å². The summed E-state index contributed by atoms with van der Waals surface area (Å²) in [4.78, 5) is 36.7. The molecule has 0 heterocycles. The van der Waals surface area contributed by atoms with Crippen LogP contribution in [-0.2, 0) is 28.6 Å². The van der Waals surface area contributed by atoms with Crippen molar-refractivity contribution in [3.8, 4) is 0 Å². The van der Waals surface area contributed by atoms with E-state index in [2.05, 4.69) is 68.5 Å². The maximum Gasteiger partial charge on any atom is 0.306 e. The Balaban J connectivity index is 4.47. The van der Waals surface area contributed by atoms with Crippen molar-refractivity contribution in [2.75, 3.05) is 41.0 Å². The topological polar surface area (TPSA) is 102 Å². The molecule has 8 heteroatoms. The lowest BCUT2D eigenvalue weighted by molar-refractivity contribution is -0.889. The third kappa shape index (κ3) is 34.5. The molecule has 0 fully saturated rings. The van der Waals surface area contributed by atoms with Crippen LogP contribution in [0.2, 0.25) is 0 Å². The number of carbonyl (C=O) groups excluding carboxylic acids is 3. The first-order valence-electron chi connectivity index (χ1n) is 20.8. The quantitative estimate of drug-likeness (QED) is 0.0273. The van der Waals surface area contributed by atoms with E-state index in [-0.39, 0.29) is 49.1 Å². The van der Waals surface area contributed by atoms with Crippen LogP contribution in [0.4, 0.5) is 0 Å². The number of carboxylic acid groups (broad SMARTS) is 1. The lowest BCUT2D eigenvalue weighted by Gasteiger charge is -2.34. The molecule has 0 aliphatic rings. The van der Waals surface area contributed by atoms with Crippen molar-refractivity contribution in [3.05, 3.63) is 60.8 Å². The molecular weight excluding hydrogens is 666 g/mol. The molecule has 0 spiro atoms. The van der Waals surface area contributed by atoms with Crippen molar-refractivity contribution in [2.45, 2.75) is 167 Å². The molecule has 0 rings (SSSR count). The summed E-state index contributed by atoms with van der Waals surface area (Å²) in [6.45, 7) is 4.45. The standard InChI is InChI=1S/C45H77NO7/c1-6-8-10-12-14-16-18-20-21-22-24-25-27-29-31-33-35-43(47)52-40-41(39-51-38-37-42(45(49)50)46(3,4)5)53-44(48)36-34-32-30-28-26-23-19-17-15-13-11-9-7-2/h8,10,14,16,20-21,23,26,30,32,41-42H,6-7,9,11-13,15,17-19,22,24-25,27-29,31,33-40H2,1-5H3/b10-8+,16-14+,21-20+,26-23+,32-30+. The Kier molecular flexibility index (Phi) is 34.0. The number of quaternary nitrogens is 1. The molecule has 0 aromatic carbocycles. The largest absolute Gasteiger partial charge is 0.544 e. The highest BCUT2D eigenvalue weighted by molar-refractivity contribution is 5.70. The third-order valence-electron chi connectivity index (χ3n) is 8.90. The molecule has 0 radical (unpaired) electrons. The van der Waals surface area contributed by atoms with E-state index in [1.54, 1.807) is 21.1 Å². The molecule has 0 aromatic rings. The van der Waals surface area contributed by atoms with E-state index in [0.29, 0.717) is 12.8 Å². The number of ether oxygens (including phenoxy) is 3. The van der Waals surface area contributed by atoms with Crippen LogP contribution in [-0.4, -0.2) is 75.5 Å². The second-order valence-corrected chi connectivity index (χ2v) is 14.8. The number of nitrogens with zero attached hydrogens (tertiary/aromatic N) is 1. The fourth-order valence-corrected chi connectivity index (χ4v) is 5.67. The van der Waals surface area contributed by atoms with Gasteiger partial charge in [-0.1, -0.05) is 132 Å². The molecule has 0 saturated heterocycles. The molecule has 304 valence electrons. The molecular formula is C45H77NO7. The lowest BCUT2D eigenvalue weighted by Crippen LogP contribution is -2.55. The van der Waals surface area contributed by atoms with E-state index in [0.717, 1.165) is 64.2 Å². The van der Waals surface area contributed by atoms with Crippen LogP contribution in [0.3, 0.4) is 0 Å². The van der Waals surface area contributed by atoms with Gasteiger partial charge in [-0.25, -0.2) is 0 Å². The molecule has 0 aliphatic carbocycles. The van der Waals surface area contributed by atoms with Crippen molar-refractivity contribution >= 4 is 17.9 Å². The lowest BCUT2D eigenvalue weighted by atomic mass is 10.1. The Morgan fingerprint density at radius 3 is 1.64 bits per heavy atom. The van der Waals surface area contributed by atoms with E-state index in [1.807, 2.05) is 6.08 Å². The maximum absolute atomic E-state index is 12.6. The van der Waals surface area contributed by atoms with Crippen LogP contribution in [0, 0.1) is 0 Å². The molecule has 0 amide bonds. The molecule has 0 N–H and O–H groups in total. The van der Waals surface area contributed by atoms with E-state index >= 15 is 0 Å². The number of carboxylic acids is 1. The average molecular weight is 744 g/mol. The number of unbranched alkanes of at least 4 members (excludes halogenated alkanes) is 12. The van der Waals surface area contributed by atoms with Crippen LogP contribution in [0.15, 0.2) is 60.8 Å². The minimum atomic E-state index is -1.14. The van der Waals surface area contributed by atoms with E-state index in [9.17, 15) is 19.5 Å². The molecule has 0 bridgehead atoms. The second kappa shape index (κ2) is 36.0. The predicted octanol–water partition coefficient (Wildman–Crippen LogP) is 9.69. The summed E-state index contributed by atoms with van der Waals surface area (Å²) >= 11 is 0. The summed E-state index contributed by atoms with van der Waals surface area (Å²) < 4.78 is 17.0. The van der Waals surface area contributed by atoms with Gasteiger partial charge in [0, 0.05) is 19.3 Å². The zero-order chi connectivity index (χ0) is 39.3. The monoisotopic (exact) mass is 744 g/mol. The normalized spacial score (nSPS) is 13.6. The van der Waals surface area contributed by atoms with Gasteiger partial charge >= 0.3 is 11.9 Å². The fraction of sp³-hybridized carbons (Fsp3) is 0.711. The molecule has 53 heavy (non-hydrogen) atoms. The second-order valence-electron chi connectivity index (χ2n) is 14.8. The fourth-order valence-electron chi connectivity index (χ4n) is 5.67. The minimum absolute atomic E-state index is 0.0116. The van der Waals surface area contributed by atoms with Gasteiger partial charge in [-0.15, -0.1) is 0 Å². The van der Waals surface area contributed by atoms with Gasteiger partial charge in [0.25, 0.3) is 0 Å². The summed E-state index contributed by atoms with van der Waals surface area (Å²) in [6.07, 6.45) is 42.6. The summed E-state index contributed by atoms with van der Waals surface area (Å²) in [5, 5.41) is 11.6. The van der Waals surface area contributed by atoms with Gasteiger partial charge in [0.05, 0.1) is 40.3 Å². The van der Waals surface area contributed by atoms with Gasteiger partial charge in [0.1, 0.15) is 12.6 Å². The summed E-state index contributed by atoms with van der Waals surface area (Å²) in [7, 11) is 5.37. The highest BCUT2D eigenvalue weighted by Crippen LogP contribution is 2.12. The minimum Gasteiger partial charge on any atom is -0.544 e. The zero-order valence-electron chi connectivity index (χ0n) is 34.4. The SMILES string of the molecule is CC/C=C/C/C=C/C/C=C/CCCCCCCCC(=O)OCC(COCCC(C(=O)[O-])[N+](C)(C)C)OC(=O)CC/C=C/C/C=C/CCCCCCCC. The van der Waals surface area contributed by atoms with Crippen LogP contribution in [0.25, 0.3) is 0 Å². The zero-order valence-corrected chi connectivity index (χ0v) is 34.4. The first-order chi connectivity index (χ1) is 25.6. The van der Waals surface area contributed by atoms with E-state index < -0.39 is 18.1 Å². The molecule has 0 aliphatic heterocycles. The van der Waals surface area contributed by atoms with Crippen LogP contribution in [0.5, 0.6) is 0 Å². The van der Waals surface area contributed by atoms with Crippen LogP contribution in [0.1, 0.15) is 155 Å². The number of aliphatic carboxylic acids is 1. The van der Waals surface area contributed by atoms with Crippen molar-refractivity contribution < 1.29 is 38.2 Å². The number of hydrogen-bond donors (Lipinski definition) is 0. The van der Waals surface area contributed by atoms with Gasteiger partial charge in [-0.3, -0.25) is 9.59 Å². The van der Waals surface area contributed by atoms with Crippen molar-refractivity contribution in [1.29, 1.82) is 0 Å². The Morgan fingerprint density at radius 2 is 1.09 bits per heavy atom. The van der Waals surface area contributed by atoms with Crippen molar-refractivity contribution in [1.82, 2.24) is 0 Å². The number of rotatable bonds is 36. The van der Waals surface area contributed by atoms with Crippen molar-refractivity contribution in [2.24, 2.45) is 0 Å². The Morgan fingerprint density at radius 1 is 0.585 bits per heavy atom. The number of likely N-dealkylation sites (N-methyl/N-ethyl adjacent to an activating group) is 1. The molecule has 2 atom stereocenters. The number of hydrogen-bond acceptors (Lipinski definition) is 7.